The molecule has 6 nitrogen and oxygen atoms in total. The predicted molar refractivity (Wildman–Crippen MR) is 91.3 cm³/mol. The van der Waals surface area contributed by atoms with E-state index in [1.54, 1.807) is 0 Å². The number of benzene rings is 1. The van der Waals surface area contributed by atoms with Gasteiger partial charge in [-0.15, -0.1) is 10.2 Å². The number of thioether (sulfide) groups is 1. The van der Waals surface area contributed by atoms with Crippen molar-refractivity contribution >= 4 is 27.4 Å². The maximum Gasteiger partial charge on any atom is 0.416 e. The molecule has 1 unspecified atom stereocenters. The van der Waals surface area contributed by atoms with Crippen LogP contribution < -0.4 is 0 Å². The van der Waals surface area contributed by atoms with Crippen LogP contribution in [0.3, 0.4) is 0 Å². The molecule has 1 aromatic carbocycles. The van der Waals surface area contributed by atoms with Crippen LogP contribution in [0.15, 0.2) is 33.9 Å². The van der Waals surface area contributed by atoms with Crippen LogP contribution in [-0.4, -0.2) is 41.7 Å². The number of carbonyl (C=O) groups is 1. The number of alkyl halides is 3. The lowest BCUT2D eigenvalue weighted by atomic mass is 10.1. The number of aromatic nitrogens is 2. The van der Waals surface area contributed by atoms with Crippen molar-refractivity contribution in [1.82, 2.24) is 10.2 Å². The first-order valence-electron chi connectivity index (χ1n) is 7.98. The molecule has 2 heterocycles. The zero-order valence-corrected chi connectivity index (χ0v) is 15.5. The first-order chi connectivity index (χ1) is 12.6. The van der Waals surface area contributed by atoms with Crippen molar-refractivity contribution in [2.75, 3.05) is 17.3 Å². The van der Waals surface area contributed by atoms with Crippen LogP contribution in [-0.2, 0) is 22.4 Å². The Morgan fingerprint density at radius 1 is 1.30 bits per heavy atom. The quantitative estimate of drug-likeness (QED) is 0.524. The van der Waals surface area contributed by atoms with Gasteiger partial charge in [0.2, 0.25) is 5.89 Å². The SMILES string of the molecule is O=C(CSc1nnc(CC2CCS(=O)(=O)C2)o1)c1cccc(C(F)(F)F)c1. The van der Waals surface area contributed by atoms with Gasteiger partial charge in [-0.3, -0.25) is 4.79 Å². The molecule has 0 saturated carbocycles. The molecule has 0 N–H and O–H groups in total. The zero-order chi connectivity index (χ0) is 19.7. The van der Waals surface area contributed by atoms with E-state index in [4.69, 9.17) is 4.42 Å². The molecular formula is C16H15F3N2O4S2. The fourth-order valence-electron chi connectivity index (χ4n) is 2.74. The Labute approximate surface area is 157 Å². The number of nitrogens with zero attached hydrogens (tertiary/aromatic N) is 2. The van der Waals surface area contributed by atoms with E-state index in [-0.39, 0.29) is 39.9 Å². The Hall–Kier alpha value is -1.88. The Morgan fingerprint density at radius 2 is 2.07 bits per heavy atom. The summed E-state index contributed by atoms with van der Waals surface area (Å²) in [6.07, 6.45) is -3.63. The van der Waals surface area contributed by atoms with E-state index in [9.17, 15) is 26.4 Å². The lowest BCUT2D eigenvalue weighted by molar-refractivity contribution is -0.137. The van der Waals surface area contributed by atoms with Gasteiger partial charge in [-0.25, -0.2) is 8.42 Å². The van der Waals surface area contributed by atoms with Crippen LogP contribution in [0.25, 0.3) is 0 Å². The molecule has 2 aromatic rings. The van der Waals surface area contributed by atoms with Crippen LogP contribution in [0.2, 0.25) is 0 Å². The number of halogens is 3. The zero-order valence-electron chi connectivity index (χ0n) is 13.9. The number of hydrogen-bond acceptors (Lipinski definition) is 7. The van der Waals surface area contributed by atoms with Gasteiger partial charge in [0.05, 0.1) is 22.8 Å². The minimum Gasteiger partial charge on any atom is -0.416 e. The standard InChI is InChI=1S/C16H15F3N2O4S2/c17-16(18,19)12-3-1-2-11(7-12)13(22)8-26-15-21-20-14(25-15)6-10-4-5-27(23,24)9-10/h1-3,7,10H,4-6,8-9H2. The second-order valence-corrected chi connectivity index (χ2v) is 9.38. The molecule has 0 spiro atoms. The van der Waals surface area contributed by atoms with E-state index in [2.05, 4.69) is 10.2 Å². The maximum absolute atomic E-state index is 12.7. The number of sulfone groups is 1. The van der Waals surface area contributed by atoms with Crippen molar-refractivity contribution < 1.29 is 30.8 Å². The summed E-state index contributed by atoms with van der Waals surface area (Å²) in [4.78, 5) is 12.1. The number of hydrogen-bond donors (Lipinski definition) is 0. The van der Waals surface area contributed by atoms with Crippen molar-refractivity contribution in [3.8, 4) is 0 Å². The number of ketones is 1. The van der Waals surface area contributed by atoms with Gasteiger partial charge < -0.3 is 4.42 Å². The molecule has 0 radical (unpaired) electrons. The fourth-order valence-corrected chi connectivity index (χ4v) is 5.28. The summed E-state index contributed by atoms with van der Waals surface area (Å²) in [5.74, 6) is -0.190. The van der Waals surface area contributed by atoms with E-state index in [1.165, 1.54) is 12.1 Å². The predicted octanol–water partition coefficient (Wildman–Crippen LogP) is 3.04. The highest BCUT2D eigenvalue weighted by Gasteiger charge is 2.31. The molecule has 0 aliphatic carbocycles. The van der Waals surface area contributed by atoms with Crippen molar-refractivity contribution in [1.29, 1.82) is 0 Å². The van der Waals surface area contributed by atoms with Crippen LogP contribution in [0.4, 0.5) is 13.2 Å². The van der Waals surface area contributed by atoms with Crippen LogP contribution >= 0.6 is 11.8 Å². The van der Waals surface area contributed by atoms with E-state index in [0.717, 1.165) is 23.9 Å². The fraction of sp³-hybridized carbons (Fsp3) is 0.438. The van der Waals surface area contributed by atoms with Crippen LogP contribution in [0.5, 0.6) is 0 Å². The molecule has 1 saturated heterocycles. The third-order valence-corrected chi connectivity index (χ3v) is 6.73. The van der Waals surface area contributed by atoms with Crippen molar-refractivity contribution in [3.63, 3.8) is 0 Å². The van der Waals surface area contributed by atoms with E-state index < -0.39 is 27.4 Å². The third-order valence-electron chi connectivity index (χ3n) is 4.08. The highest BCUT2D eigenvalue weighted by atomic mass is 32.2. The van der Waals surface area contributed by atoms with Crippen molar-refractivity contribution in [3.05, 3.63) is 41.3 Å². The summed E-state index contributed by atoms with van der Waals surface area (Å²) in [5, 5.41) is 7.73. The van der Waals surface area contributed by atoms with E-state index in [1.807, 2.05) is 0 Å². The Morgan fingerprint density at radius 3 is 2.74 bits per heavy atom. The molecular weight excluding hydrogens is 405 g/mol. The average molecular weight is 420 g/mol. The Bertz CT molecular complexity index is 941. The molecule has 0 bridgehead atoms. The molecule has 146 valence electrons. The van der Waals surface area contributed by atoms with Crippen molar-refractivity contribution in [2.45, 2.75) is 24.2 Å². The highest BCUT2D eigenvalue weighted by molar-refractivity contribution is 7.99. The van der Waals surface area contributed by atoms with Gasteiger partial charge in [0.1, 0.15) is 0 Å². The molecule has 11 heteroatoms. The first-order valence-corrected chi connectivity index (χ1v) is 10.8. The summed E-state index contributed by atoms with van der Waals surface area (Å²) in [5.41, 5.74) is -0.932. The second kappa shape index (κ2) is 7.63. The summed E-state index contributed by atoms with van der Waals surface area (Å²) < 4.78 is 66.4. The van der Waals surface area contributed by atoms with E-state index >= 15 is 0 Å². The maximum atomic E-state index is 12.7. The topological polar surface area (TPSA) is 90.1 Å². The summed E-state index contributed by atoms with van der Waals surface area (Å²) >= 11 is 0.926. The van der Waals surface area contributed by atoms with Gasteiger partial charge in [0.25, 0.3) is 5.22 Å². The molecule has 27 heavy (non-hydrogen) atoms. The van der Waals surface area contributed by atoms with Gasteiger partial charge >= 0.3 is 6.18 Å². The van der Waals surface area contributed by atoms with Crippen LogP contribution in [0, 0.1) is 5.92 Å². The van der Waals surface area contributed by atoms with E-state index in [0.29, 0.717) is 12.8 Å². The molecule has 1 fully saturated rings. The lowest BCUT2D eigenvalue weighted by Crippen LogP contribution is -2.08. The van der Waals surface area contributed by atoms with Gasteiger partial charge in [-0.1, -0.05) is 23.9 Å². The smallest absolute Gasteiger partial charge is 0.416 e. The summed E-state index contributed by atoms with van der Waals surface area (Å²) in [6, 6.07) is 4.21. The summed E-state index contributed by atoms with van der Waals surface area (Å²) in [7, 11) is -2.99. The van der Waals surface area contributed by atoms with Gasteiger partial charge in [0, 0.05) is 12.0 Å². The Balaban J connectivity index is 1.56. The third kappa shape index (κ3) is 5.32. The Kier molecular flexibility index (Phi) is 5.61. The summed E-state index contributed by atoms with van der Waals surface area (Å²) in [6.45, 7) is 0. The molecule has 1 aliphatic heterocycles. The molecule has 1 aromatic heterocycles. The van der Waals surface area contributed by atoms with Crippen molar-refractivity contribution in [2.24, 2.45) is 5.92 Å². The normalized spacial score (nSPS) is 19.3. The lowest BCUT2D eigenvalue weighted by Gasteiger charge is -2.07. The molecule has 3 rings (SSSR count). The number of carbonyl (C=O) groups excluding carboxylic acids is 1. The largest absolute Gasteiger partial charge is 0.416 e. The van der Waals surface area contributed by atoms with Gasteiger partial charge in [-0.2, -0.15) is 13.2 Å². The van der Waals surface area contributed by atoms with Crippen LogP contribution in [0.1, 0.15) is 28.2 Å². The minimum atomic E-state index is -4.52. The highest BCUT2D eigenvalue weighted by Crippen LogP contribution is 2.30. The monoisotopic (exact) mass is 420 g/mol. The average Bonchev–Trinajstić information content (AvgIpc) is 3.18. The minimum absolute atomic E-state index is 0.0479. The number of Topliss-reactive ketones (excluding diaryl/α,β-unsaturated/α-hetero) is 1. The van der Waals surface area contributed by atoms with Gasteiger partial charge in [0.15, 0.2) is 15.6 Å². The number of rotatable bonds is 6. The molecule has 1 aliphatic rings. The molecule has 1 atom stereocenters. The van der Waals surface area contributed by atoms with Gasteiger partial charge in [-0.05, 0) is 24.5 Å². The molecule has 0 amide bonds. The first kappa shape index (κ1) is 19.9. The second-order valence-electron chi connectivity index (χ2n) is 6.23.